The van der Waals surface area contributed by atoms with Crippen LogP contribution in [-0.2, 0) is 12.0 Å². The molecule has 0 spiro atoms. The van der Waals surface area contributed by atoms with Crippen LogP contribution in [0.4, 0.5) is 0 Å². The molecule has 0 aliphatic carbocycles. The van der Waals surface area contributed by atoms with Crippen LogP contribution < -0.4 is 0 Å². The Morgan fingerprint density at radius 1 is 1.08 bits per heavy atom. The number of nitriles is 2. The maximum Gasteiger partial charge on any atom is 0.0849 e. The van der Waals surface area contributed by atoms with Crippen molar-refractivity contribution in [3.8, 4) is 12.1 Å². The van der Waals surface area contributed by atoms with Gasteiger partial charge in [-0.25, -0.2) is 0 Å². The second-order valence-electron chi connectivity index (χ2n) is 6.63. The van der Waals surface area contributed by atoms with Gasteiger partial charge in [0, 0.05) is 24.2 Å². The second kappa shape index (κ2) is 7.70. The summed E-state index contributed by atoms with van der Waals surface area (Å²) in [7, 11) is 0. The van der Waals surface area contributed by atoms with Crippen LogP contribution in [-0.4, -0.2) is 17.5 Å². The molecule has 0 radical (unpaired) electrons. The number of hydrogen-bond donors (Lipinski definition) is 0. The highest BCUT2D eigenvalue weighted by Crippen LogP contribution is 2.39. The third-order valence-electron chi connectivity index (χ3n) is 5.09. The van der Waals surface area contributed by atoms with Crippen molar-refractivity contribution in [2.45, 2.75) is 37.3 Å². The molecule has 25 heavy (non-hydrogen) atoms. The van der Waals surface area contributed by atoms with Gasteiger partial charge >= 0.3 is 0 Å². The van der Waals surface area contributed by atoms with Crippen molar-refractivity contribution in [3.63, 3.8) is 0 Å². The molecule has 126 valence electrons. The van der Waals surface area contributed by atoms with Crippen LogP contribution in [0.5, 0.6) is 0 Å². The smallest absolute Gasteiger partial charge is 0.0849 e. The van der Waals surface area contributed by atoms with Crippen molar-refractivity contribution in [2.75, 3.05) is 6.54 Å². The molecule has 0 amide bonds. The summed E-state index contributed by atoms with van der Waals surface area (Å²) in [5.41, 5.74) is 1.74. The van der Waals surface area contributed by atoms with Crippen molar-refractivity contribution in [1.82, 2.24) is 4.90 Å². The minimum Gasteiger partial charge on any atom is -0.295 e. The molecule has 0 bridgehead atoms. The molecule has 3 nitrogen and oxygen atoms in total. The minimum absolute atomic E-state index is 0.0780. The van der Waals surface area contributed by atoms with Gasteiger partial charge in [-0.3, -0.25) is 4.90 Å². The Balaban J connectivity index is 1.82. The average Bonchev–Trinajstić information content (AvgIpc) is 2.66. The van der Waals surface area contributed by atoms with E-state index in [0.29, 0.717) is 12.8 Å². The predicted octanol–water partition coefficient (Wildman–Crippen LogP) is 4.68. The van der Waals surface area contributed by atoms with Crippen molar-refractivity contribution in [3.05, 3.63) is 70.7 Å². The highest BCUT2D eigenvalue weighted by molar-refractivity contribution is 6.30. The third-order valence-corrected chi connectivity index (χ3v) is 5.34. The van der Waals surface area contributed by atoms with Crippen LogP contribution in [0.1, 0.15) is 30.4 Å². The van der Waals surface area contributed by atoms with E-state index in [1.165, 1.54) is 5.56 Å². The summed E-state index contributed by atoms with van der Waals surface area (Å²) in [6.07, 6.45) is 1.90. The van der Waals surface area contributed by atoms with Crippen molar-refractivity contribution >= 4 is 11.6 Å². The lowest BCUT2D eigenvalue weighted by Gasteiger charge is -2.43. The van der Waals surface area contributed by atoms with Gasteiger partial charge in [0.15, 0.2) is 0 Å². The molecule has 2 atom stereocenters. The molecule has 2 aromatic carbocycles. The van der Waals surface area contributed by atoms with E-state index in [9.17, 15) is 10.5 Å². The number of piperidine rings is 1. The highest BCUT2D eigenvalue weighted by Gasteiger charge is 2.41. The molecule has 1 saturated heterocycles. The van der Waals surface area contributed by atoms with Crippen LogP contribution in [0.2, 0.25) is 5.02 Å². The van der Waals surface area contributed by atoms with Crippen LogP contribution in [0.25, 0.3) is 0 Å². The first-order valence-electron chi connectivity index (χ1n) is 8.49. The summed E-state index contributed by atoms with van der Waals surface area (Å²) in [6, 6.07) is 22.8. The van der Waals surface area contributed by atoms with Gasteiger partial charge in [0.25, 0.3) is 0 Å². The summed E-state index contributed by atoms with van der Waals surface area (Å²) in [5.74, 6) is 0. The van der Waals surface area contributed by atoms with Gasteiger partial charge in [-0.15, -0.1) is 0 Å². The lowest BCUT2D eigenvalue weighted by Crippen LogP contribution is -2.48. The lowest BCUT2D eigenvalue weighted by molar-refractivity contribution is 0.108. The Labute approximate surface area is 154 Å². The maximum atomic E-state index is 9.92. The first-order chi connectivity index (χ1) is 12.2. The average molecular weight is 350 g/mol. The second-order valence-corrected chi connectivity index (χ2v) is 7.06. The number of likely N-dealkylation sites (tertiary alicyclic amines) is 1. The summed E-state index contributed by atoms with van der Waals surface area (Å²) in [5, 5.41) is 19.9. The molecular weight excluding hydrogens is 330 g/mol. The van der Waals surface area contributed by atoms with Gasteiger partial charge < -0.3 is 0 Å². The SMILES string of the molecule is N#CC[C@H]1C[C@@](C#N)(c2ccccc2)CCN1Cc1ccc(Cl)cc1. The van der Waals surface area contributed by atoms with Crippen LogP contribution in [0, 0.1) is 22.7 Å². The van der Waals surface area contributed by atoms with Crippen LogP contribution in [0.15, 0.2) is 54.6 Å². The van der Waals surface area contributed by atoms with E-state index < -0.39 is 5.41 Å². The Morgan fingerprint density at radius 2 is 1.80 bits per heavy atom. The molecule has 0 aromatic heterocycles. The molecular formula is C21H20ClN3. The number of hydrogen-bond acceptors (Lipinski definition) is 3. The largest absolute Gasteiger partial charge is 0.295 e. The van der Waals surface area contributed by atoms with Crippen molar-refractivity contribution in [1.29, 1.82) is 10.5 Å². The molecule has 1 aliphatic rings. The number of benzene rings is 2. The Hall–Kier alpha value is -2.33. The quantitative estimate of drug-likeness (QED) is 0.805. The fourth-order valence-corrected chi connectivity index (χ4v) is 3.80. The number of nitrogens with zero attached hydrogens (tertiary/aromatic N) is 3. The Bertz CT molecular complexity index is 789. The third kappa shape index (κ3) is 3.85. The van der Waals surface area contributed by atoms with E-state index >= 15 is 0 Å². The Kier molecular flexibility index (Phi) is 5.39. The molecule has 1 heterocycles. The molecule has 0 N–H and O–H groups in total. The first-order valence-corrected chi connectivity index (χ1v) is 8.87. The van der Waals surface area contributed by atoms with E-state index in [1.807, 2.05) is 54.6 Å². The monoisotopic (exact) mass is 349 g/mol. The standard InChI is InChI=1S/C21H20ClN3/c22-19-8-6-17(7-9-19)15-25-13-11-21(16-24,14-20(25)10-12-23)18-4-2-1-3-5-18/h1-9,20H,10-11,13-15H2/t20-,21-/m0/s1. The highest BCUT2D eigenvalue weighted by atomic mass is 35.5. The van der Waals surface area contributed by atoms with Crippen LogP contribution >= 0.6 is 11.6 Å². The molecule has 1 aliphatic heterocycles. The predicted molar refractivity (Wildman–Crippen MR) is 98.8 cm³/mol. The molecule has 4 heteroatoms. The fraction of sp³-hybridized carbons (Fsp3) is 0.333. The van der Waals surface area contributed by atoms with Gasteiger partial charge in [-0.05, 0) is 36.1 Å². The lowest BCUT2D eigenvalue weighted by atomic mass is 9.71. The van der Waals surface area contributed by atoms with Gasteiger partial charge in [-0.1, -0.05) is 54.1 Å². The van der Waals surface area contributed by atoms with E-state index in [1.54, 1.807) is 0 Å². The van der Waals surface area contributed by atoms with E-state index in [-0.39, 0.29) is 6.04 Å². The van der Waals surface area contributed by atoms with E-state index in [0.717, 1.165) is 30.1 Å². The molecule has 1 fully saturated rings. The van der Waals surface area contributed by atoms with E-state index in [4.69, 9.17) is 11.6 Å². The fourth-order valence-electron chi connectivity index (χ4n) is 3.68. The summed E-state index contributed by atoms with van der Waals surface area (Å²) in [4.78, 5) is 2.32. The summed E-state index contributed by atoms with van der Waals surface area (Å²) < 4.78 is 0. The summed E-state index contributed by atoms with van der Waals surface area (Å²) in [6.45, 7) is 1.58. The minimum atomic E-state index is -0.501. The zero-order valence-corrected chi connectivity index (χ0v) is 14.8. The zero-order chi connectivity index (χ0) is 17.7. The van der Waals surface area contributed by atoms with Gasteiger partial charge in [-0.2, -0.15) is 10.5 Å². The first kappa shape index (κ1) is 17.5. The molecule has 2 aromatic rings. The van der Waals surface area contributed by atoms with Crippen molar-refractivity contribution in [2.24, 2.45) is 0 Å². The zero-order valence-electron chi connectivity index (χ0n) is 14.0. The molecule has 0 saturated carbocycles. The summed E-state index contributed by atoms with van der Waals surface area (Å²) >= 11 is 5.96. The maximum absolute atomic E-state index is 9.92. The van der Waals surface area contributed by atoms with E-state index in [2.05, 4.69) is 17.0 Å². The normalized spacial score (nSPS) is 23.6. The number of halogens is 1. The van der Waals surface area contributed by atoms with Gasteiger partial charge in [0.05, 0.1) is 24.0 Å². The van der Waals surface area contributed by atoms with Gasteiger partial charge in [0.1, 0.15) is 0 Å². The topological polar surface area (TPSA) is 50.8 Å². The number of rotatable bonds is 4. The van der Waals surface area contributed by atoms with Crippen molar-refractivity contribution < 1.29 is 0 Å². The van der Waals surface area contributed by atoms with Crippen LogP contribution in [0.3, 0.4) is 0 Å². The molecule has 0 unspecified atom stereocenters. The van der Waals surface area contributed by atoms with Gasteiger partial charge in [0.2, 0.25) is 0 Å². The Morgan fingerprint density at radius 3 is 2.44 bits per heavy atom. The molecule has 3 rings (SSSR count).